The minimum Gasteiger partial charge on any atom is -0.319 e. The van der Waals surface area contributed by atoms with Gasteiger partial charge in [-0.3, -0.25) is 4.79 Å². The third-order valence-electron chi connectivity index (χ3n) is 5.90. The molecule has 0 bridgehead atoms. The predicted molar refractivity (Wildman–Crippen MR) is 126 cm³/mol. The second-order valence-electron chi connectivity index (χ2n) is 9.09. The van der Waals surface area contributed by atoms with Crippen molar-refractivity contribution < 1.29 is 0 Å². The zero-order chi connectivity index (χ0) is 23.2. The number of fused-ring (bicyclic) bond motifs is 1. The second kappa shape index (κ2) is 7.77. The molecular formula is C24H24N8O. The fraction of sp³-hybridized carbons (Fsp3) is 0.250. The molecule has 1 aromatic carbocycles. The van der Waals surface area contributed by atoms with E-state index in [0.29, 0.717) is 28.5 Å². The molecule has 4 aromatic heterocycles. The Balaban J connectivity index is 1.69. The maximum Gasteiger partial charge on any atom is 0.256 e. The van der Waals surface area contributed by atoms with Crippen LogP contribution in [0.5, 0.6) is 0 Å². The summed E-state index contributed by atoms with van der Waals surface area (Å²) in [5, 5.41) is 10.5. The van der Waals surface area contributed by atoms with Gasteiger partial charge >= 0.3 is 0 Å². The van der Waals surface area contributed by atoms with E-state index in [2.05, 4.69) is 47.7 Å². The number of aromatic amines is 1. The number of benzene rings is 1. The molecule has 5 rings (SSSR count). The van der Waals surface area contributed by atoms with Gasteiger partial charge in [0.2, 0.25) is 0 Å². The Bertz CT molecular complexity index is 1490. The number of H-pyrrole nitrogens is 1. The predicted octanol–water partition coefficient (Wildman–Crippen LogP) is 4.04. The van der Waals surface area contributed by atoms with Gasteiger partial charge in [-0.1, -0.05) is 39.0 Å². The first kappa shape index (κ1) is 20.7. The Labute approximate surface area is 190 Å². The fourth-order valence-electron chi connectivity index (χ4n) is 3.61. The topological polar surface area (TPSA) is 107 Å². The molecule has 0 saturated carbocycles. The van der Waals surface area contributed by atoms with Gasteiger partial charge in [0.1, 0.15) is 12.7 Å². The Morgan fingerprint density at radius 3 is 2.67 bits per heavy atom. The van der Waals surface area contributed by atoms with Gasteiger partial charge in [0, 0.05) is 17.1 Å². The molecule has 0 fully saturated rings. The first-order valence-corrected chi connectivity index (χ1v) is 10.7. The van der Waals surface area contributed by atoms with Crippen LogP contribution in [0.15, 0.2) is 66.1 Å². The summed E-state index contributed by atoms with van der Waals surface area (Å²) in [6, 6.07) is 13.2. The van der Waals surface area contributed by atoms with Crippen LogP contribution < -0.4 is 5.56 Å². The third-order valence-corrected chi connectivity index (χ3v) is 5.90. The highest BCUT2D eigenvalue weighted by Gasteiger charge is 2.27. The van der Waals surface area contributed by atoms with Crippen molar-refractivity contribution in [3.63, 3.8) is 0 Å². The Morgan fingerprint density at radius 2 is 1.91 bits per heavy atom. The summed E-state index contributed by atoms with van der Waals surface area (Å²) < 4.78 is 3.48. The zero-order valence-electron chi connectivity index (χ0n) is 18.9. The fourth-order valence-corrected chi connectivity index (χ4v) is 3.61. The summed E-state index contributed by atoms with van der Waals surface area (Å²) in [4.78, 5) is 29.0. The van der Waals surface area contributed by atoms with Gasteiger partial charge in [0.15, 0.2) is 17.5 Å². The van der Waals surface area contributed by atoms with Gasteiger partial charge in [0.05, 0.1) is 11.7 Å². The summed E-state index contributed by atoms with van der Waals surface area (Å²) in [5.74, 6) is 1.76. The van der Waals surface area contributed by atoms with Gasteiger partial charge in [-0.25, -0.2) is 24.3 Å². The van der Waals surface area contributed by atoms with E-state index < -0.39 is 0 Å². The van der Waals surface area contributed by atoms with E-state index in [-0.39, 0.29) is 17.0 Å². The Hall–Kier alpha value is -4.14. The first-order chi connectivity index (χ1) is 15.8. The average Bonchev–Trinajstić information content (AvgIpc) is 3.49. The van der Waals surface area contributed by atoms with Crippen LogP contribution in [-0.4, -0.2) is 39.5 Å². The highest BCUT2D eigenvalue weighted by Crippen LogP contribution is 2.34. The lowest BCUT2D eigenvalue weighted by atomic mass is 9.88. The molecule has 33 heavy (non-hydrogen) atoms. The molecule has 0 saturated heterocycles. The highest BCUT2D eigenvalue weighted by atomic mass is 16.1. The van der Waals surface area contributed by atoms with E-state index >= 15 is 0 Å². The standard InChI is InChI=1S/C24H24N8O/c1-15(24(2,3)4)32-22(19-11-16-7-5-6-8-18(16)23(33)28-19)29-21(30-32)17-9-10-26-20(12-17)31-14-25-13-27-31/h5-15H,1-4H3,(H,28,33). The normalized spacial score (nSPS) is 12.8. The number of aromatic nitrogens is 8. The summed E-state index contributed by atoms with van der Waals surface area (Å²) in [5.41, 5.74) is 1.18. The van der Waals surface area contributed by atoms with Crippen molar-refractivity contribution in [2.75, 3.05) is 0 Å². The number of hydrogen-bond donors (Lipinski definition) is 1. The van der Waals surface area contributed by atoms with Crippen molar-refractivity contribution >= 4 is 10.8 Å². The first-order valence-electron chi connectivity index (χ1n) is 10.7. The molecule has 9 nitrogen and oxygen atoms in total. The smallest absolute Gasteiger partial charge is 0.256 e. The van der Waals surface area contributed by atoms with Crippen molar-refractivity contribution in [3.05, 3.63) is 71.7 Å². The van der Waals surface area contributed by atoms with Gasteiger partial charge in [-0.2, -0.15) is 10.2 Å². The molecule has 4 heterocycles. The molecule has 1 N–H and O–H groups in total. The molecule has 0 aliphatic rings. The monoisotopic (exact) mass is 440 g/mol. The van der Waals surface area contributed by atoms with Crippen molar-refractivity contribution in [1.29, 1.82) is 0 Å². The number of pyridine rings is 2. The molecule has 0 aliphatic carbocycles. The van der Waals surface area contributed by atoms with E-state index in [0.717, 1.165) is 10.9 Å². The average molecular weight is 441 g/mol. The Morgan fingerprint density at radius 1 is 1.09 bits per heavy atom. The maximum absolute atomic E-state index is 12.8. The lowest BCUT2D eigenvalue weighted by molar-refractivity contribution is 0.246. The Kier molecular flexibility index (Phi) is 4.88. The lowest BCUT2D eigenvalue weighted by Crippen LogP contribution is -2.24. The molecule has 1 unspecified atom stereocenters. The van der Waals surface area contributed by atoms with Gasteiger partial charge in [-0.15, -0.1) is 0 Å². The molecule has 0 aliphatic heterocycles. The van der Waals surface area contributed by atoms with E-state index in [4.69, 9.17) is 10.1 Å². The third kappa shape index (κ3) is 3.82. The van der Waals surface area contributed by atoms with Crippen LogP contribution in [0.3, 0.4) is 0 Å². The van der Waals surface area contributed by atoms with Gasteiger partial charge < -0.3 is 4.98 Å². The van der Waals surface area contributed by atoms with Crippen LogP contribution in [-0.2, 0) is 0 Å². The van der Waals surface area contributed by atoms with E-state index in [9.17, 15) is 4.79 Å². The number of rotatable bonds is 4. The summed E-state index contributed by atoms with van der Waals surface area (Å²) >= 11 is 0. The second-order valence-corrected chi connectivity index (χ2v) is 9.09. The quantitative estimate of drug-likeness (QED) is 0.452. The van der Waals surface area contributed by atoms with Crippen molar-refractivity contribution in [2.45, 2.75) is 33.7 Å². The van der Waals surface area contributed by atoms with Crippen molar-refractivity contribution in [3.8, 4) is 28.7 Å². The van der Waals surface area contributed by atoms with Crippen molar-refractivity contribution in [2.24, 2.45) is 5.41 Å². The van der Waals surface area contributed by atoms with E-state index in [1.165, 1.54) is 6.33 Å². The van der Waals surface area contributed by atoms with Gasteiger partial charge in [-0.05, 0) is 42.0 Å². The van der Waals surface area contributed by atoms with E-state index in [1.807, 2.05) is 47.1 Å². The van der Waals surface area contributed by atoms with Crippen LogP contribution in [0.25, 0.3) is 39.5 Å². The molecule has 166 valence electrons. The minimum atomic E-state index is -0.153. The van der Waals surface area contributed by atoms with Crippen molar-refractivity contribution in [1.82, 2.24) is 39.5 Å². The van der Waals surface area contributed by atoms with E-state index in [1.54, 1.807) is 17.2 Å². The van der Waals surface area contributed by atoms with Gasteiger partial charge in [0.25, 0.3) is 5.56 Å². The summed E-state index contributed by atoms with van der Waals surface area (Å²) in [7, 11) is 0. The molecule has 9 heteroatoms. The number of nitrogens with one attached hydrogen (secondary N) is 1. The highest BCUT2D eigenvalue weighted by molar-refractivity contribution is 5.84. The molecular weight excluding hydrogens is 416 g/mol. The summed E-state index contributed by atoms with van der Waals surface area (Å²) in [6.45, 7) is 8.57. The van der Waals surface area contributed by atoms with Crippen LogP contribution in [0, 0.1) is 5.41 Å². The zero-order valence-corrected chi connectivity index (χ0v) is 18.9. The SMILES string of the molecule is CC(n1nc(-c2ccnc(-n3cncn3)c2)nc1-c1cc2ccccc2c(=O)[nH]1)C(C)(C)C. The summed E-state index contributed by atoms with van der Waals surface area (Å²) in [6.07, 6.45) is 4.74. The van der Waals surface area contributed by atoms with Crippen LogP contribution >= 0.6 is 0 Å². The largest absolute Gasteiger partial charge is 0.319 e. The molecule has 0 spiro atoms. The minimum absolute atomic E-state index is 0.0142. The molecule has 0 radical (unpaired) electrons. The number of hydrogen-bond acceptors (Lipinski definition) is 6. The molecule has 1 atom stereocenters. The lowest BCUT2D eigenvalue weighted by Gasteiger charge is -2.28. The molecule has 0 amide bonds. The van der Waals surface area contributed by atoms with Crippen LogP contribution in [0.4, 0.5) is 0 Å². The number of nitrogens with zero attached hydrogens (tertiary/aromatic N) is 7. The molecule has 5 aromatic rings. The van der Waals surface area contributed by atoms with Crippen LogP contribution in [0.1, 0.15) is 33.7 Å². The van der Waals surface area contributed by atoms with Crippen LogP contribution in [0.2, 0.25) is 0 Å². The maximum atomic E-state index is 12.8.